The first kappa shape index (κ1) is 14.3. The maximum Gasteiger partial charge on any atom is 0.125 e. The van der Waals surface area contributed by atoms with Gasteiger partial charge in [-0.15, -0.1) is 0 Å². The summed E-state index contributed by atoms with van der Waals surface area (Å²) in [5.41, 5.74) is 1.02. The van der Waals surface area contributed by atoms with Gasteiger partial charge in [-0.3, -0.25) is 4.90 Å². The van der Waals surface area contributed by atoms with Crippen LogP contribution in [0.1, 0.15) is 13.8 Å². The lowest BCUT2D eigenvalue weighted by Gasteiger charge is -2.43. The van der Waals surface area contributed by atoms with E-state index in [-0.39, 0.29) is 11.4 Å². The molecule has 1 saturated heterocycles. The van der Waals surface area contributed by atoms with Crippen LogP contribution in [-0.2, 0) is 0 Å². The van der Waals surface area contributed by atoms with Crippen molar-refractivity contribution in [2.45, 2.75) is 19.4 Å². The quantitative estimate of drug-likeness (QED) is 0.897. The molecule has 2 rings (SSSR count). The minimum atomic E-state index is -0.177. The largest absolute Gasteiger partial charge is 0.373 e. The molecule has 0 unspecified atom stereocenters. The Hall–Kier alpha value is -1.13. The zero-order valence-electron chi connectivity index (χ0n) is 12.1. The summed E-state index contributed by atoms with van der Waals surface area (Å²) in [6, 6.07) is 6.79. The van der Waals surface area contributed by atoms with Gasteiger partial charge in [-0.1, -0.05) is 6.07 Å². The molecule has 4 heteroatoms. The number of nitrogens with zero attached hydrogens (tertiary/aromatic N) is 2. The van der Waals surface area contributed by atoms with Crippen LogP contribution in [0.3, 0.4) is 0 Å². The van der Waals surface area contributed by atoms with E-state index >= 15 is 0 Å². The fourth-order valence-corrected chi connectivity index (χ4v) is 2.76. The first-order valence-corrected chi connectivity index (χ1v) is 6.91. The van der Waals surface area contributed by atoms with Gasteiger partial charge in [0.1, 0.15) is 5.82 Å². The Labute approximate surface area is 115 Å². The molecule has 0 bridgehead atoms. The molecule has 0 atom stereocenters. The smallest absolute Gasteiger partial charge is 0.125 e. The van der Waals surface area contributed by atoms with Crippen molar-refractivity contribution in [2.75, 3.05) is 44.7 Å². The first-order valence-electron chi connectivity index (χ1n) is 6.91. The van der Waals surface area contributed by atoms with Crippen LogP contribution in [0.25, 0.3) is 0 Å². The van der Waals surface area contributed by atoms with E-state index in [1.54, 1.807) is 12.1 Å². The number of likely N-dealkylation sites (N-methyl/N-ethyl adjacent to an activating group) is 1. The van der Waals surface area contributed by atoms with E-state index < -0.39 is 0 Å². The van der Waals surface area contributed by atoms with Crippen LogP contribution in [-0.4, -0.2) is 50.2 Å². The minimum absolute atomic E-state index is 0.0865. The van der Waals surface area contributed by atoms with E-state index in [1.165, 1.54) is 6.07 Å². The fraction of sp³-hybridized carbons (Fsp3) is 0.600. The molecule has 3 nitrogen and oxygen atoms in total. The van der Waals surface area contributed by atoms with Crippen LogP contribution < -0.4 is 10.2 Å². The van der Waals surface area contributed by atoms with Gasteiger partial charge in [0.2, 0.25) is 0 Å². The molecule has 1 heterocycles. The Morgan fingerprint density at radius 2 is 2.00 bits per heavy atom. The number of benzene rings is 1. The number of anilines is 1. The minimum Gasteiger partial charge on any atom is -0.373 e. The third-order valence-corrected chi connectivity index (χ3v) is 3.85. The third kappa shape index (κ3) is 3.67. The van der Waals surface area contributed by atoms with Crippen molar-refractivity contribution in [3.8, 4) is 0 Å². The third-order valence-electron chi connectivity index (χ3n) is 3.85. The van der Waals surface area contributed by atoms with Gasteiger partial charge in [-0.2, -0.15) is 0 Å². The average molecular weight is 265 g/mol. The molecule has 0 aliphatic carbocycles. The van der Waals surface area contributed by atoms with E-state index in [1.807, 2.05) is 13.1 Å². The highest BCUT2D eigenvalue weighted by Crippen LogP contribution is 2.21. The van der Waals surface area contributed by atoms with Crippen molar-refractivity contribution in [3.05, 3.63) is 30.1 Å². The Balaban J connectivity index is 2.02. The first-order chi connectivity index (χ1) is 8.99. The molecule has 1 aliphatic heterocycles. The standard InChI is InChI=1S/C15H24FN3/c1-15(2,19-9-7-17-8-10-19)12-18(3)14-6-4-5-13(16)11-14/h4-6,11,17H,7-10,12H2,1-3H3. The van der Waals surface area contributed by atoms with E-state index in [4.69, 9.17) is 0 Å². The Morgan fingerprint density at radius 3 is 2.63 bits per heavy atom. The molecule has 106 valence electrons. The number of halogens is 1. The van der Waals surface area contributed by atoms with Crippen LogP contribution in [0, 0.1) is 5.82 Å². The van der Waals surface area contributed by atoms with E-state index in [0.717, 1.165) is 38.4 Å². The number of piperazine rings is 1. The lowest BCUT2D eigenvalue weighted by molar-refractivity contribution is 0.109. The zero-order chi connectivity index (χ0) is 13.9. The SMILES string of the molecule is CN(CC(C)(C)N1CCNCC1)c1cccc(F)c1. The highest BCUT2D eigenvalue weighted by molar-refractivity contribution is 5.46. The summed E-state index contributed by atoms with van der Waals surface area (Å²) in [7, 11) is 2.03. The Morgan fingerprint density at radius 1 is 1.32 bits per heavy atom. The van der Waals surface area contributed by atoms with E-state index in [9.17, 15) is 4.39 Å². The monoisotopic (exact) mass is 265 g/mol. The van der Waals surface area contributed by atoms with Crippen molar-refractivity contribution in [2.24, 2.45) is 0 Å². The molecule has 0 saturated carbocycles. The number of rotatable bonds is 4. The fourth-order valence-electron chi connectivity index (χ4n) is 2.76. The summed E-state index contributed by atoms with van der Waals surface area (Å²) in [4.78, 5) is 4.63. The molecular weight excluding hydrogens is 241 g/mol. The number of nitrogens with one attached hydrogen (secondary N) is 1. The second kappa shape index (κ2) is 5.88. The molecule has 0 spiro atoms. The molecule has 0 radical (unpaired) electrons. The molecule has 1 fully saturated rings. The predicted molar refractivity (Wildman–Crippen MR) is 78.2 cm³/mol. The van der Waals surface area contributed by atoms with E-state index in [2.05, 4.69) is 29.0 Å². The highest BCUT2D eigenvalue weighted by atomic mass is 19.1. The van der Waals surface area contributed by atoms with Gasteiger partial charge in [0.15, 0.2) is 0 Å². The summed E-state index contributed by atoms with van der Waals surface area (Å²) in [6.45, 7) is 9.65. The molecule has 1 N–H and O–H groups in total. The lowest BCUT2D eigenvalue weighted by Crippen LogP contribution is -2.57. The van der Waals surface area contributed by atoms with Crippen molar-refractivity contribution >= 4 is 5.69 Å². The highest BCUT2D eigenvalue weighted by Gasteiger charge is 2.29. The second-order valence-electron chi connectivity index (χ2n) is 5.89. The molecule has 0 amide bonds. The van der Waals surface area contributed by atoms with Gasteiger partial charge in [-0.25, -0.2) is 4.39 Å². The number of hydrogen-bond donors (Lipinski definition) is 1. The summed E-state index contributed by atoms with van der Waals surface area (Å²) in [5, 5.41) is 3.37. The maximum absolute atomic E-state index is 13.3. The van der Waals surface area contributed by atoms with Crippen molar-refractivity contribution in [1.29, 1.82) is 0 Å². The van der Waals surface area contributed by atoms with Gasteiger partial charge < -0.3 is 10.2 Å². The van der Waals surface area contributed by atoms with Crippen LogP contribution in [0.15, 0.2) is 24.3 Å². The van der Waals surface area contributed by atoms with Crippen LogP contribution >= 0.6 is 0 Å². The molecule has 1 aromatic carbocycles. The molecule has 1 aliphatic rings. The van der Waals surface area contributed by atoms with Gasteiger partial charge >= 0.3 is 0 Å². The summed E-state index contributed by atoms with van der Waals surface area (Å²) < 4.78 is 13.3. The Kier molecular flexibility index (Phi) is 4.42. The average Bonchev–Trinajstić information content (AvgIpc) is 2.39. The summed E-state index contributed by atoms with van der Waals surface area (Å²) in [5.74, 6) is -0.177. The normalized spacial score (nSPS) is 17.5. The molecule has 19 heavy (non-hydrogen) atoms. The Bertz CT molecular complexity index is 414. The summed E-state index contributed by atoms with van der Waals surface area (Å²) >= 11 is 0. The number of hydrogen-bond acceptors (Lipinski definition) is 3. The second-order valence-corrected chi connectivity index (χ2v) is 5.89. The molecule has 1 aromatic rings. The van der Waals surface area contributed by atoms with Gasteiger partial charge in [-0.05, 0) is 32.0 Å². The van der Waals surface area contributed by atoms with Gasteiger partial charge in [0.05, 0.1) is 0 Å². The predicted octanol–water partition coefficient (Wildman–Crippen LogP) is 1.95. The van der Waals surface area contributed by atoms with Crippen LogP contribution in [0.5, 0.6) is 0 Å². The van der Waals surface area contributed by atoms with Crippen molar-refractivity contribution in [3.63, 3.8) is 0 Å². The van der Waals surface area contributed by atoms with Gasteiger partial charge in [0, 0.05) is 51.0 Å². The van der Waals surface area contributed by atoms with Crippen molar-refractivity contribution in [1.82, 2.24) is 10.2 Å². The molecule has 0 aromatic heterocycles. The topological polar surface area (TPSA) is 18.5 Å². The maximum atomic E-state index is 13.3. The van der Waals surface area contributed by atoms with E-state index in [0.29, 0.717) is 0 Å². The lowest BCUT2D eigenvalue weighted by atomic mass is 10.0. The van der Waals surface area contributed by atoms with Crippen LogP contribution in [0.2, 0.25) is 0 Å². The molecular formula is C15H24FN3. The summed E-state index contributed by atoms with van der Waals surface area (Å²) in [6.07, 6.45) is 0. The van der Waals surface area contributed by atoms with Crippen LogP contribution in [0.4, 0.5) is 10.1 Å². The van der Waals surface area contributed by atoms with Crippen molar-refractivity contribution < 1.29 is 4.39 Å². The zero-order valence-corrected chi connectivity index (χ0v) is 12.1. The van der Waals surface area contributed by atoms with Gasteiger partial charge in [0.25, 0.3) is 0 Å².